The maximum Gasteiger partial charge on any atom is 1.00 e. The van der Waals surface area contributed by atoms with E-state index in [4.69, 9.17) is 4.98 Å². The van der Waals surface area contributed by atoms with Gasteiger partial charge in [0, 0.05) is 5.39 Å². The Morgan fingerprint density at radius 1 is 0.704 bits per heavy atom. The van der Waals surface area contributed by atoms with Crippen LogP contribution < -0.4 is 18.9 Å². The van der Waals surface area contributed by atoms with E-state index in [1.807, 2.05) is 24.3 Å². The summed E-state index contributed by atoms with van der Waals surface area (Å²) >= 11 is 0. The van der Waals surface area contributed by atoms with E-state index in [1.54, 1.807) is 0 Å². The third kappa shape index (κ3) is 2.20. The first kappa shape index (κ1) is 16.2. The van der Waals surface area contributed by atoms with Gasteiger partial charge in [0.15, 0.2) is 0 Å². The Bertz CT molecular complexity index is 1420. The first-order chi connectivity index (χ1) is 12.9. The van der Waals surface area contributed by atoms with E-state index in [0.29, 0.717) is 0 Å². The maximum absolute atomic E-state index is 4.97. The SMILES string of the molecule is [Li+].[c-]1ccccc1-n1c2cccc3cccc(c32)n2c3ccccc3nc12. The molecule has 0 bridgehead atoms. The first-order valence-electron chi connectivity index (χ1n) is 8.68. The molecule has 0 amide bonds. The van der Waals surface area contributed by atoms with Gasteiger partial charge in [-0.25, -0.2) is 4.98 Å². The topological polar surface area (TPSA) is 22.2 Å². The van der Waals surface area contributed by atoms with Crippen molar-refractivity contribution in [2.75, 3.05) is 0 Å². The van der Waals surface area contributed by atoms with Crippen LogP contribution in [0.2, 0.25) is 0 Å². The fourth-order valence-corrected chi connectivity index (χ4v) is 3.94. The minimum Gasteiger partial charge on any atom is -0.304 e. The summed E-state index contributed by atoms with van der Waals surface area (Å²) in [4.78, 5) is 4.97. The molecule has 2 heterocycles. The van der Waals surface area contributed by atoms with E-state index in [0.717, 1.165) is 28.0 Å². The number of para-hydroxylation sites is 3. The number of benzene rings is 4. The smallest absolute Gasteiger partial charge is 0.304 e. The largest absolute Gasteiger partial charge is 1.00 e. The number of nitrogens with zero attached hydrogens (tertiary/aromatic N) is 3. The molecule has 0 unspecified atom stereocenters. The Labute approximate surface area is 168 Å². The van der Waals surface area contributed by atoms with Crippen LogP contribution in [0.25, 0.3) is 44.3 Å². The Hall–Kier alpha value is -2.99. The molecule has 0 atom stereocenters. The molecule has 6 rings (SSSR count). The monoisotopic (exact) mass is 339 g/mol. The van der Waals surface area contributed by atoms with Crippen LogP contribution in [0.15, 0.2) is 84.9 Å². The zero-order valence-electron chi connectivity index (χ0n) is 14.9. The van der Waals surface area contributed by atoms with Gasteiger partial charge in [0.1, 0.15) is 0 Å². The van der Waals surface area contributed by atoms with Gasteiger partial charge in [-0.3, -0.25) is 4.40 Å². The molecular formula is C23H14LiN3. The van der Waals surface area contributed by atoms with Crippen LogP contribution in [0.4, 0.5) is 0 Å². The Kier molecular flexibility index (Phi) is 3.61. The van der Waals surface area contributed by atoms with Gasteiger partial charge >= 0.3 is 18.9 Å². The van der Waals surface area contributed by atoms with E-state index < -0.39 is 0 Å². The molecule has 122 valence electrons. The minimum atomic E-state index is 0. The number of aromatic nitrogens is 3. The van der Waals surface area contributed by atoms with Crippen LogP contribution in [-0.4, -0.2) is 14.0 Å². The fraction of sp³-hybridized carbons (Fsp3) is 0. The maximum atomic E-state index is 4.97. The van der Waals surface area contributed by atoms with Gasteiger partial charge in [-0.15, -0.1) is 6.07 Å². The molecule has 0 fully saturated rings. The summed E-state index contributed by atoms with van der Waals surface area (Å²) in [5.74, 6) is 0.903. The summed E-state index contributed by atoms with van der Waals surface area (Å²) in [6.45, 7) is 0. The third-order valence-corrected chi connectivity index (χ3v) is 5.02. The number of rotatable bonds is 1. The second kappa shape index (κ2) is 6.02. The average molecular weight is 339 g/mol. The van der Waals surface area contributed by atoms with Crippen molar-refractivity contribution in [1.82, 2.24) is 14.0 Å². The Morgan fingerprint density at radius 2 is 1.44 bits per heavy atom. The number of hydrogen-bond donors (Lipinski definition) is 0. The third-order valence-electron chi connectivity index (χ3n) is 5.02. The Morgan fingerprint density at radius 3 is 2.26 bits per heavy atom. The zero-order chi connectivity index (χ0) is 17.1. The van der Waals surface area contributed by atoms with Crippen LogP contribution in [0, 0.1) is 6.07 Å². The quantitative estimate of drug-likeness (QED) is 0.333. The van der Waals surface area contributed by atoms with E-state index in [9.17, 15) is 0 Å². The van der Waals surface area contributed by atoms with Crippen LogP contribution in [-0.2, 0) is 0 Å². The van der Waals surface area contributed by atoms with Gasteiger partial charge < -0.3 is 4.57 Å². The molecule has 4 heteroatoms. The Balaban J connectivity index is 0.00000160. The van der Waals surface area contributed by atoms with Crippen LogP contribution in [0.5, 0.6) is 0 Å². The van der Waals surface area contributed by atoms with Gasteiger partial charge in [-0.2, -0.15) is 24.3 Å². The van der Waals surface area contributed by atoms with Crippen molar-refractivity contribution >= 4 is 38.6 Å². The van der Waals surface area contributed by atoms with Crippen molar-refractivity contribution in [2.24, 2.45) is 0 Å². The van der Waals surface area contributed by atoms with Crippen molar-refractivity contribution in [2.45, 2.75) is 0 Å². The molecule has 0 aliphatic rings. The van der Waals surface area contributed by atoms with Gasteiger partial charge in [-0.05, 0) is 29.7 Å². The van der Waals surface area contributed by atoms with Crippen LogP contribution in [0.1, 0.15) is 0 Å². The summed E-state index contributed by atoms with van der Waals surface area (Å²) in [5, 5.41) is 2.47. The predicted molar refractivity (Wildman–Crippen MR) is 106 cm³/mol. The molecule has 4 aromatic carbocycles. The van der Waals surface area contributed by atoms with Crippen molar-refractivity contribution in [1.29, 1.82) is 0 Å². The number of imidazole rings is 1. The summed E-state index contributed by atoms with van der Waals surface area (Å²) in [7, 11) is 0. The van der Waals surface area contributed by atoms with Crippen LogP contribution >= 0.6 is 0 Å². The van der Waals surface area contributed by atoms with Gasteiger partial charge in [-0.1, -0.05) is 42.1 Å². The van der Waals surface area contributed by atoms with Crippen molar-refractivity contribution < 1.29 is 18.9 Å². The molecule has 0 N–H and O–H groups in total. The van der Waals surface area contributed by atoms with Crippen molar-refractivity contribution in [3.8, 4) is 5.69 Å². The minimum absolute atomic E-state index is 0. The van der Waals surface area contributed by atoms with Gasteiger partial charge in [0.25, 0.3) is 0 Å². The van der Waals surface area contributed by atoms with E-state index in [2.05, 4.69) is 75.7 Å². The van der Waals surface area contributed by atoms with Crippen LogP contribution in [0.3, 0.4) is 0 Å². The molecule has 0 aliphatic heterocycles. The molecule has 2 aromatic heterocycles. The molecule has 0 saturated heterocycles. The number of hydrogen-bond acceptors (Lipinski definition) is 1. The van der Waals surface area contributed by atoms with E-state index >= 15 is 0 Å². The van der Waals surface area contributed by atoms with Crippen molar-refractivity contribution in [3.63, 3.8) is 0 Å². The second-order valence-corrected chi connectivity index (χ2v) is 6.47. The molecule has 3 nitrogen and oxygen atoms in total. The van der Waals surface area contributed by atoms with Gasteiger partial charge in [0.2, 0.25) is 5.78 Å². The molecular weight excluding hydrogens is 325 g/mol. The fourth-order valence-electron chi connectivity index (χ4n) is 3.94. The molecule has 0 radical (unpaired) electrons. The summed E-state index contributed by atoms with van der Waals surface area (Å²) in [5.41, 5.74) is 5.42. The number of fused-ring (bicyclic) bond motifs is 4. The van der Waals surface area contributed by atoms with E-state index in [1.165, 1.54) is 16.3 Å². The first-order valence-corrected chi connectivity index (χ1v) is 8.68. The molecule has 0 spiro atoms. The zero-order valence-corrected chi connectivity index (χ0v) is 14.9. The average Bonchev–Trinajstić information content (AvgIpc) is 3.08. The molecule has 6 aromatic rings. The summed E-state index contributed by atoms with van der Waals surface area (Å²) in [6, 6.07) is 32.6. The normalized spacial score (nSPS) is 11.4. The van der Waals surface area contributed by atoms with E-state index in [-0.39, 0.29) is 18.9 Å². The summed E-state index contributed by atoms with van der Waals surface area (Å²) < 4.78 is 4.46. The molecule has 0 aliphatic carbocycles. The van der Waals surface area contributed by atoms with Crippen molar-refractivity contribution in [3.05, 3.63) is 91.0 Å². The second-order valence-electron chi connectivity index (χ2n) is 6.47. The standard InChI is InChI=1S/C23H14N3.Li/c1-2-10-17(11-3-1)25-20-14-6-8-16-9-7-15-21(22(16)20)26-19-13-5-4-12-18(19)24-23(25)26;/h1-10,12-15H;/q-1;+1. The predicted octanol–water partition coefficient (Wildman–Crippen LogP) is 2.39. The van der Waals surface area contributed by atoms with Gasteiger partial charge in [0.05, 0.1) is 22.1 Å². The summed E-state index contributed by atoms with van der Waals surface area (Å²) in [6.07, 6.45) is 0. The molecule has 0 saturated carbocycles. The molecule has 27 heavy (non-hydrogen) atoms.